The maximum absolute atomic E-state index is 12.2. The number of hydrogen-bond donors (Lipinski definition) is 1. The van der Waals surface area contributed by atoms with Crippen LogP contribution < -0.4 is 14.8 Å². The number of rotatable bonds is 6. The van der Waals surface area contributed by atoms with Crippen molar-refractivity contribution in [2.75, 3.05) is 11.9 Å². The fraction of sp³-hybridized carbons (Fsp3) is 0.222. The second-order valence-electron chi connectivity index (χ2n) is 4.97. The molecule has 0 aliphatic rings. The Hall–Kier alpha value is -2.82. The SMILES string of the molecule is CCCOc1cccc(C(=O)Oc2ccc(NC(C)=O)cc2)c1. The van der Waals surface area contributed by atoms with Crippen LogP contribution in [0.1, 0.15) is 30.6 Å². The van der Waals surface area contributed by atoms with Gasteiger partial charge >= 0.3 is 5.97 Å². The Morgan fingerprint density at radius 3 is 2.43 bits per heavy atom. The van der Waals surface area contributed by atoms with Crippen molar-refractivity contribution >= 4 is 17.6 Å². The van der Waals surface area contributed by atoms with Gasteiger partial charge in [-0.2, -0.15) is 0 Å². The Labute approximate surface area is 135 Å². The summed E-state index contributed by atoms with van der Waals surface area (Å²) in [5.41, 5.74) is 1.07. The number of esters is 1. The molecule has 0 aromatic heterocycles. The Morgan fingerprint density at radius 2 is 1.78 bits per heavy atom. The molecular formula is C18H19NO4. The highest BCUT2D eigenvalue weighted by atomic mass is 16.5. The summed E-state index contributed by atoms with van der Waals surface area (Å²) in [5, 5.41) is 2.65. The van der Waals surface area contributed by atoms with Crippen LogP contribution in [0.3, 0.4) is 0 Å². The van der Waals surface area contributed by atoms with E-state index in [2.05, 4.69) is 5.32 Å². The van der Waals surface area contributed by atoms with Crippen molar-refractivity contribution in [3.63, 3.8) is 0 Å². The first kappa shape index (κ1) is 16.5. The van der Waals surface area contributed by atoms with E-state index in [4.69, 9.17) is 9.47 Å². The molecule has 0 aliphatic carbocycles. The van der Waals surface area contributed by atoms with Gasteiger partial charge in [0.15, 0.2) is 0 Å². The predicted molar refractivity (Wildman–Crippen MR) is 87.9 cm³/mol. The van der Waals surface area contributed by atoms with Crippen molar-refractivity contribution < 1.29 is 19.1 Å². The van der Waals surface area contributed by atoms with E-state index < -0.39 is 5.97 Å². The van der Waals surface area contributed by atoms with E-state index in [0.29, 0.717) is 29.4 Å². The van der Waals surface area contributed by atoms with Crippen molar-refractivity contribution in [3.05, 3.63) is 54.1 Å². The first-order valence-corrected chi connectivity index (χ1v) is 7.41. The average molecular weight is 313 g/mol. The van der Waals surface area contributed by atoms with Crippen LogP contribution >= 0.6 is 0 Å². The third-order valence-corrected chi connectivity index (χ3v) is 2.93. The van der Waals surface area contributed by atoms with Gasteiger partial charge in [-0.15, -0.1) is 0 Å². The summed E-state index contributed by atoms with van der Waals surface area (Å²) in [6, 6.07) is 13.5. The molecule has 5 heteroatoms. The highest BCUT2D eigenvalue weighted by molar-refractivity contribution is 5.92. The third-order valence-electron chi connectivity index (χ3n) is 2.93. The number of amides is 1. The van der Waals surface area contributed by atoms with Crippen LogP contribution in [0.4, 0.5) is 5.69 Å². The number of carbonyl (C=O) groups is 2. The molecule has 0 atom stereocenters. The van der Waals surface area contributed by atoms with Crippen LogP contribution in [0.25, 0.3) is 0 Å². The molecule has 0 saturated carbocycles. The number of ether oxygens (including phenoxy) is 2. The minimum atomic E-state index is -0.459. The number of nitrogens with one attached hydrogen (secondary N) is 1. The van der Waals surface area contributed by atoms with Crippen molar-refractivity contribution in [3.8, 4) is 11.5 Å². The average Bonchev–Trinajstić information content (AvgIpc) is 2.54. The zero-order chi connectivity index (χ0) is 16.7. The second-order valence-corrected chi connectivity index (χ2v) is 4.97. The van der Waals surface area contributed by atoms with E-state index in [9.17, 15) is 9.59 Å². The molecule has 0 saturated heterocycles. The molecule has 0 aliphatic heterocycles. The van der Waals surface area contributed by atoms with Crippen LogP contribution in [-0.4, -0.2) is 18.5 Å². The maximum atomic E-state index is 12.2. The van der Waals surface area contributed by atoms with Gasteiger partial charge in [0.25, 0.3) is 0 Å². The molecule has 2 rings (SSSR count). The lowest BCUT2D eigenvalue weighted by Crippen LogP contribution is -2.09. The lowest BCUT2D eigenvalue weighted by atomic mass is 10.2. The van der Waals surface area contributed by atoms with Gasteiger partial charge in [0, 0.05) is 12.6 Å². The lowest BCUT2D eigenvalue weighted by molar-refractivity contribution is -0.114. The molecule has 23 heavy (non-hydrogen) atoms. The second kappa shape index (κ2) is 7.98. The lowest BCUT2D eigenvalue weighted by Gasteiger charge is -2.08. The van der Waals surface area contributed by atoms with Crippen molar-refractivity contribution in [2.24, 2.45) is 0 Å². The van der Waals surface area contributed by atoms with Crippen LogP contribution in [-0.2, 0) is 4.79 Å². The van der Waals surface area contributed by atoms with Crippen LogP contribution in [0.15, 0.2) is 48.5 Å². The minimum absolute atomic E-state index is 0.154. The summed E-state index contributed by atoms with van der Waals surface area (Å²) in [7, 11) is 0. The van der Waals surface area contributed by atoms with Gasteiger partial charge < -0.3 is 14.8 Å². The number of carbonyl (C=O) groups excluding carboxylic acids is 2. The van der Waals surface area contributed by atoms with Crippen LogP contribution in [0, 0.1) is 0 Å². The van der Waals surface area contributed by atoms with Crippen molar-refractivity contribution in [2.45, 2.75) is 20.3 Å². The van der Waals surface area contributed by atoms with E-state index >= 15 is 0 Å². The zero-order valence-corrected chi connectivity index (χ0v) is 13.2. The predicted octanol–water partition coefficient (Wildman–Crippen LogP) is 3.65. The molecule has 0 radical (unpaired) electrons. The molecule has 2 aromatic carbocycles. The fourth-order valence-electron chi connectivity index (χ4n) is 1.91. The van der Waals surface area contributed by atoms with Gasteiger partial charge in [-0.05, 0) is 48.9 Å². The smallest absolute Gasteiger partial charge is 0.343 e. The Kier molecular flexibility index (Phi) is 5.74. The summed E-state index contributed by atoms with van der Waals surface area (Å²) in [6.45, 7) is 4.05. The van der Waals surface area contributed by atoms with Gasteiger partial charge in [0.1, 0.15) is 11.5 Å². The molecular weight excluding hydrogens is 294 g/mol. The standard InChI is InChI=1S/C18H19NO4/c1-3-11-22-17-6-4-5-14(12-17)18(21)23-16-9-7-15(8-10-16)19-13(2)20/h4-10,12H,3,11H2,1-2H3,(H,19,20). The highest BCUT2D eigenvalue weighted by Gasteiger charge is 2.10. The van der Waals surface area contributed by atoms with E-state index in [1.807, 2.05) is 6.92 Å². The van der Waals surface area contributed by atoms with Crippen LogP contribution in [0.2, 0.25) is 0 Å². The molecule has 0 heterocycles. The van der Waals surface area contributed by atoms with E-state index in [1.165, 1.54) is 6.92 Å². The van der Waals surface area contributed by atoms with E-state index in [0.717, 1.165) is 6.42 Å². The molecule has 5 nitrogen and oxygen atoms in total. The topological polar surface area (TPSA) is 64.6 Å². The molecule has 2 aromatic rings. The third kappa shape index (κ3) is 5.14. The fourth-order valence-corrected chi connectivity index (χ4v) is 1.91. The normalized spacial score (nSPS) is 10.0. The Bertz CT molecular complexity index is 680. The number of hydrogen-bond acceptors (Lipinski definition) is 4. The molecule has 0 unspecified atom stereocenters. The van der Waals surface area contributed by atoms with Gasteiger partial charge in [-0.3, -0.25) is 4.79 Å². The van der Waals surface area contributed by atoms with Gasteiger partial charge in [-0.1, -0.05) is 13.0 Å². The molecule has 1 N–H and O–H groups in total. The highest BCUT2D eigenvalue weighted by Crippen LogP contribution is 2.19. The summed E-state index contributed by atoms with van der Waals surface area (Å²) < 4.78 is 10.8. The molecule has 0 bridgehead atoms. The minimum Gasteiger partial charge on any atom is -0.494 e. The van der Waals surface area contributed by atoms with Gasteiger partial charge in [-0.25, -0.2) is 4.79 Å². The summed E-state index contributed by atoms with van der Waals surface area (Å²) in [6.07, 6.45) is 0.898. The summed E-state index contributed by atoms with van der Waals surface area (Å²) in [4.78, 5) is 23.1. The first-order chi connectivity index (χ1) is 11.1. The summed E-state index contributed by atoms with van der Waals surface area (Å²) in [5.74, 6) is 0.434. The maximum Gasteiger partial charge on any atom is 0.343 e. The van der Waals surface area contributed by atoms with Crippen molar-refractivity contribution in [1.82, 2.24) is 0 Å². The van der Waals surface area contributed by atoms with Crippen LogP contribution in [0.5, 0.6) is 11.5 Å². The molecule has 0 spiro atoms. The number of benzene rings is 2. The molecule has 120 valence electrons. The molecule has 0 fully saturated rings. The monoisotopic (exact) mass is 313 g/mol. The Balaban J connectivity index is 2.02. The van der Waals surface area contributed by atoms with E-state index in [1.54, 1.807) is 48.5 Å². The quantitative estimate of drug-likeness (QED) is 0.653. The largest absolute Gasteiger partial charge is 0.494 e. The Morgan fingerprint density at radius 1 is 1.04 bits per heavy atom. The van der Waals surface area contributed by atoms with Gasteiger partial charge in [0.2, 0.25) is 5.91 Å². The van der Waals surface area contributed by atoms with E-state index in [-0.39, 0.29) is 5.91 Å². The summed E-state index contributed by atoms with van der Waals surface area (Å²) >= 11 is 0. The van der Waals surface area contributed by atoms with Crippen molar-refractivity contribution in [1.29, 1.82) is 0 Å². The van der Waals surface area contributed by atoms with Gasteiger partial charge in [0.05, 0.1) is 12.2 Å². The molecule has 1 amide bonds. The first-order valence-electron chi connectivity index (χ1n) is 7.41. The number of anilines is 1. The zero-order valence-electron chi connectivity index (χ0n) is 13.2.